The molecular formula is C17H21N5O. The number of amides is 1. The van der Waals surface area contributed by atoms with E-state index in [0.717, 1.165) is 24.7 Å². The van der Waals surface area contributed by atoms with Crippen molar-refractivity contribution < 1.29 is 4.79 Å². The summed E-state index contributed by atoms with van der Waals surface area (Å²) >= 11 is 0. The summed E-state index contributed by atoms with van der Waals surface area (Å²) in [7, 11) is 3.93. The highest BCUT2D eigenvalue weighted by molar-refractivity contribution is 6.04. The van der Waals surface area contributed by atoms with Crippen molar-refractivity contribution in [2.45, 2.75) is 12.8 Å². The highest BCUT2D eigenvalue weighted by Crippen LogP contribution is 2.17. The molecule has 0 bridgehead atoms. The van der Waals surface area contributed by atoms with Crippen molar-refractivity contribution in [3.05, 3.63) is 42.2 Å². The van der Waals surface area contributed by atoms with E-state index in [2.05, 4.69) is 20.2 Å². The molecule has 1 aliphatic rings. The van der Waals surface area contributed by atoms with Crippen molar-refractivity contribution >= 4 is 23.2 Å². The number of benzene rings is 1. The summed E-state index contributed by atoms with van der Waals surface area (Å²) in [6, 6.07) is 7.46. The van der Waals surface area contributed by atoms with E-state index in [1.165, 1.54) is 12.8 Å². The van der Waals surface area contributed by atoms with E-state index in [1.54, 1.807) is 12.4 Å². The molecule has 0 saturated carbocycles. The molecule has 1 aliphatic heterocycles. The first kappa shape index (κ1) is 15.3. The molecule has 120 valence electrons. The first-order chi connectivity index (χ1) is 11.1. The van der Waals surface area contributed by atoms with Crippen molar-refractivity contribution in [1.82, 2.24) is 9.97 Å². The fourth-order valence-electron chi connectivity index (χ4n) is 2.58. The van der Waals surface area contributed by atoms with Gasteiger partial charge in [0.25, 0.3) is 5.91 Å². The molecule has 1 aromatic heterocycles. The Balaban J connectivity index is 1.65. The zero-order chi connectivity index (χ0) is 16.2. The minimum absolute atomic E-state index is 0.159. The summed E-state index contributed by atoms with van der Waals surface area (Å²) in [4.78, 5) is 25.1. The van der Waals surface area contributed by atoms with Gasteiger partial charge in [0, 0.05) is 38.4 Å². The summed E-state index contributed by atoms with van der Waals surface area (Å²) in [5.41, 5.74) is 2.27. The third-order valence-corrected chi connectivity index (χ3v) is 3.93. The Labute approximate surface area is 136 Å². The molecule has 1 amide bonds. The van der Waals surface area contributed by atoms with Gasteiger partial charge in [0.1, 0.15) is 0 Å². The van der Waals surface area contributed by atoms with Gasteiger partial charge in [-0.1, -0.05) is 0 Å². The number of hydrogen-bond donors (Lipinski definition) is 1. The van der Waals surface area contributed by atoms with Crippen LogP contribution in [-0.4, -0.2) is 43.1 Å². The zero-order valence-corrected chi connectivity index (χ0v) is 13.5. The first-order valence-electron chi connectivity index (χ1n) is 7.79. The van der Waals surface area contributed by atoms with Gasteiger partial charge in [0.2, 0.25) is 5.95 Å². The molecule has 0 aliphatic carbocycles. The maximum atomic E-state index is 12.2. The third kappa shape index (κ3) is 3.59. The zero-order valence-electron chi connectivity index (χ0n) is 13.5. The molecule has 0 radical (unpaired) electrons. The molecular weight excluding hydrogens is 290 g/mol. The van der Waals surface area contributed by atoms with Gasteiger partial charge >= 0.3 is 0 Å². The van der Waals surface area contributed by atoms with Gasteiger partial charge < -0.3 is 15.1 Å². The van der Waals surface area contributed by atoms with Gasteiger partial charge in [0.05, 0.1) is 18.1 Å². The molecule has 1 saturated heterocycles. The lowest BCUT2D eigenvalue weighted by molar-refractivity contribution is 0.102. The molecule has 1 aromatic carbocycles. The first-order valence-corrected chi connectivity index (χ1v) is 7.79. The summed E-state index contributed by atoms with van der Waals surface area (Å²) in [6.45, 7) is 2.01. The van der Waals surface area contributed by atoms with E-state index >= 15 is 0 Å². The van der Waals surface area contributed by atoms with Gasteiger partial charge in [-0.05, 0) is 37.1 Å². The number of nitrogens with zero attached hydrogens (tertiary/aromatic N) is 4. The van der Waals surface area contributed by atoms with E-state index in [1.807, 2.05) is 43.3 Å². The average Bonchev–Trinajstić information content (AvgIpc) is 3.10. The van der Waals surface area contributed by atoms with Crippen LogP contribution in [0.2, 0.25) is 0 Å². The molecule has 1 N–H and O–H groups in total. The van der Waals surface area contributed by atoms with E-state index in [4.69, 9.17) is 0 Å². The van der Waals surface area contributed by atoms with Crippen molar-refractivity contribution in [2.24, 2.45) is 0 Å². The fourth-order valence-corrected chi connectivity index (χ4v) is 2.58. The number of nitrogens with one attached hydrogen (secondary N) is 1. The van der Waals surface area contributed by atoms with Crippen LogP contribution in [-0.2, 0) is 0 Å². The number of aromatic nitrogens is 2. The fraction of sp³-hybridized carbons (Fsp3) is 0.353. The van der Waals surface area contributed by atoms with Crippen LogP contribution in [0.15, 0.2) is 36.7 Å². The Hall–Kier alpha value is -2.63. The average molecular weight is 311 g/mol. The number of anilines is 3. The Kier molecular flexibility index (Phi) is 4.41. The smallest absolute Gasteiger partial charge is 0.255 e. The van der Waals surface area contributed by atoms with E-state index in [0.29, 0.717) is 11.3 Å². The maximum Gasteiger partial charge on any atom is 0.255 e. The number of carbonyl (C=O) groups is 1. The van der Waals surface area contributed by atoms with Crippen molar-refractivity contribution in [3.63, 3.8) is 0 Å². The Morgan fingerprint density at radius 2 is 1.70 bits per heavy atom. The lowest BCUT2D eigenvalue weighted by atomic mass is 10.2. The predicted octanol–water partition coefficient (Wildman–Crippen LogP) is 2.40. The summed E-state index contributed by atoms with van der Waals surface area (Å²) in [6.07, 6.45) is 5.69. The second kappa shape index (κ2) is 6.64. The van der Waals surface area contributed by atoms with Crippen molar-refractivity contribution in [3.8, 4) is 0 Å². The molecule has 23 heavy (non-hydrogen) atoms. The third-order valence-electron chi connectivity index (χ3n) is 3.93. The molecule has 2 aromatic rings. The topological polar surface area (TPSA) is 61.4 Å². The number of carbonyl (C=O) groups excluding carboxylic acids is 1. The minimum atomic E-state index is -0.159. The van der Waals surface area contributed by atoms with Crippen LogP contribution >= 0.6 is 0 Å². The predicted molar refractivity (Wildman–Crippen MR) is 92.2 cm³/mol. The lowest BCUT2D eigenvalue weighted by Gasteiger charge is -2.15. The quantitative estimate of drug-likeness (QED) is 0.939. The molecule has 2 heterocycles. The maximum absolute atomic E-state index is 12.2. The second-order valence-electron chi connectivity index (χ2n) is 5.86. The summed E-state index contributed by atoms with van der Waals surface area (Å²) < 4.78 is 0. The monoisotopic (exact) mass is 311 g/mol. The van der Waals surface area contributed by atoms with Gasteiger partial charge in [-0.3, -0.25) is 4.79 Å². The summed E-state index contributed by atoms with van der Waals surface area (Å²) in [5, 5.41) is 2.83. The van der Waals surface area contributed by atoms with E-state index < -0.39 is 0 Å². The second-order valence-corrected chi connectivity index (χ2v) is 5.86. The van der Waals surface area contributed by atoms with Gasteiger partial charge in [-0.15, -0.1) is 0 Å². The van der Waals surface area contributed by atoms with Gasteiger partial charge in [-0.25, -0.2) is 9.97 Å². The Morgan fingerprint density at radius 3 is 2.26 bits per heavy atom. The largest absolute Gasteiger partial charge is 0.378 e. The van der Waals surface area contributed by atoms with Crippen LogP contribution in [0.5, 0.6) is 0 Å². The summed E-state index contributed by atoms with van der Waals surface area (Å²) in [5.74, 6) is 0.573. The van der Waals surface area contributed by atoms with Crippen LogP contribution in [0.25, 0.3) is 0 Å². The molecule has 3 rings (SSSR count). The molecule has 0 spiro atoms. The normalized spacial score (nSPS) is 13.9. The minimum Gasteiger partial charge on any atom is -0.378 e. The molecule has 6 heteroatoms. The van der Waals surface area contributed by atoms with Crippen LogP contribution in [0.1, 0.15) is 23.2 Å². The lowest BCUT2D eigenvalue weighted by Crippen LogP contribution is -2.20. The van der Waals surface area contributed by atoms with Gasteiger partial charge in [-0.2, -0.15) is 0 Å². The van der Waals surface area contributed by atoms with Crippen LogP contribution < -0.4 is 15.1 Å². The highest BCUT2D eigenvalue weighted by atomic mass is 16.1. The van der Waals surface area contributed by atoms with Crippen molar-refractivity contribution in [1.29, 1.82) is 0 Å². The van der Waals surface area contributed by atoms with Crippen molar-refractivity contribution in [2.75, 3.05) is 42.3 Å². The molecule has 0 atom stereocenters. The standard InChI is InChI=1S/C17H21N5O/c1-21(2)15-7-5-13(6-8-15)16(23)20-14-11-18-17(19-12-14)22-9-3-4-10-22/h5-8,11-12H,3-4,9-10H2,1-2H3,(H,20,23). The number of hydrogen-bond acceptors (Lipinski definition) is 5. The van der Waals surface area contributed by atoms with E-state index in [-0.39, 0.29) is 5.91 Å². The number of rotatable bonds is 4. The molecule has 6 nitrogen and oxygen atoms in total. The Bertz CT molecular complexity index is 660. The van der Waals surface area contributed by atoms with E-state index in [9.17, 15) is 4.79 Å². The SMILES string of the molecule is CN(C)c1ccc(C(=O)Nc2cnc(N3CCCC3)nc2)cc1. The Morgan fingerprint density at radius 1 is 1.09 bits per heavy atom. The highest BCUT2D eigenvalue weighted by Gasteiger charge is 2.14. The van der Waals surface area contributed by atoms with Crippen LogP contribution in [0.3, 0.4) is 0 Å². The van der Waals surface area contributed by atoms with Gasteiger partial charge in [0.15, 0.2) is 0 Å². The van der Waals surface area contributed by atoms with Crippen LogP contribution in [0.4, 0.5) is 17.3 Å². The molecule has 1 fully saturated rings. The van der Waals surface area contributed by atoms with Crippen LogP contribution in [0, 0.1) is 0 Å². The molecule has 0 unspecified atom stereocenters.